The van der Waals surface area contributed by atoms with Crippen LogP contribution >= 0.6 is 0 Å². The highest BCUT2D eigenvalue weighted by Gasteiger charge is 2.17. The highest BCUT2D eigenvalue weighted by molar-refractivity contribution is 5.79. The van der Waals surface area contributed by atoms with Gasteiger partial charge in [-0.15, -0.1) is 0 Å². The first-order valence-electron chi connectivity index (χ1n) is 8.81. The lowest BCUT2D eigenvalue weighted by atomic mass is 9.98. The topological polar surface area (TPSA) is 47.6 Å². The Morgan fingerprint density at radius 1 is 0.778 bits per heavy atom. The van der Waals surface area contributed by atoms with E-state index in [0.29, 0.717) is 6.42 Å². The quantitative estimate of drug-likeness (QED) is 0.688. The SMILES string of the molecule is COc1ccc(CC(=O)N[C@@H](c2ccccc2)c2ccc(OC)cc2)cc1. The second-order valence-corrected chi connectivity index (χ2v) is 6.21. The largest absolute Gasteiger partial charge is 0.497 e. The van der Waals surface area contributed by atoms with Gasteiger partial charge in [0.2, 0.25) is 5.91 Å². The fourth-order valence-electron chi connectivity index (χ4n) is 2.94. The monoisotopic (exact) mass is 361 g/mol. The Morgan fingerprint density at radius 2 is 1.30 bits per heavy atom. The van der Waals surface area contributed by atoms with E-state index in [1.165, 1.54) is 0 Å². The highest BCUT2D eigenvalue weighted by Crippen LogP contribution is 2.24. The molecule has 0 fully saturated rings. The van der Waals surface area contributed by atoms with Crippen LogP contribution in [0.15, 0.2) is 78.9 Å². The lowest BCUT2D eigenvalue weighted by Gasteiger charge is -2.20. The molecule has 138 valence electrons. The van der Waals surface area contributed by atoms with Crippen LogP contribution in [-0.2, 0) is 11.2 Å². The van der Waals surface area contributed by atoms with Crippen LogP contribution in [0.2, 0.25) is 0 Å². The first-order chi connectivity index (χ1) is 13.2. The smallest absolute Gasteiger partial charge is 0.225 e. The summed E-state index contributed by atoms with van der Waals surface area (Å²) in [6.45, 7) is 0. The maximum absolute atomic E-state index is 12.7. The van der Waals surface area contributed by atoms with Crippen LogP contribution in [0.4, 0.5) is 0 Å². The number of hydrogen-bond acceptors (Lipinski definition) is 3. The number of amides is 1. The molecule has 0 aromatic heterocycles. The molecule has 1 amide bonds. The standard InChI is InChI=1S/C23H23NO3/c1-26-20-12-8-17(9-13-20)16-22(25)24-23(18-6-4-3-5-7-18)19-10-14-21(27-2)15-11-19/h3-15,23H,16H2,1-2H3,(H,24,25)/t23-/m0/s1. The lowest BCUT2D eigenvalue weighted by Crippen LogP contribution is -2.30. The fraction of sp³-hybridized carbons (Fsp3) is 0.174. The van der Waals surface area contributed by atoms with Gasteiger partial charge < -0.3 is 14.8 Å². The number of nitrogens with one attached hydrogen (secondary N) is 1. The van der Waals surface area contributed by atoms with E-state index in [0.717, 1.165) is 28.2 Å². The number of ether oxygens (including phenoxy) is 2. The number of hydrogen-bond donors (Lipinski definition) is 1. The third-order valence-electron chi connectivity index (χ3n) is 4.41. The number of rotatable bonds is 7. The molecule has 1 N–H and O–H groups in total. The van der Waals surface area contributed by atoms with Crippen molar-refractivity contribution in [3.8, 4) is 11.5 Å². The minimum atomic E-state index is -0.220. The summed E-state index contributed by atoms with van der Waals surface area (Å²) in [6.07, 6.45) is 0.309. The van der Waals surface area contributed by atoms with Crippen molar-refractivity contribution in [1.82, 2.24) is 5.32 Å². The molecule has 0 heterocycles. The number of carbonyl (C=O) groups is 1. The Morgan fingerprint density at radius 3 is 1.85 bits per heavy atom. The molecule has 4 heteroatoms. The summed E-state index contributed by atoms with van der Waals surface area (Å²) in [7, 11) is 3.27. The van der Waals surface area contributed by atoms with E-state index in [4.69, 9.17) is 9.47 Å². The summed E-state index contributed by atoms with van der Waals surface area (Å²) in [5.74, 6) is 1.53. The minimum absolute atomic E-state index is 0.0372. The molecule has 27 heavy (non-hydrogen) atoms. The van der Waals surface area contributed by atoms with Gasteiger partial charge >= 0.3 is 0 Å². The van der Waals surface area contributed by atoms with Gasteiger partial charge in [0, 0.05) is 0 Å². The van der Waals surface area contributed by atoms with Gasteiger partial charge in [-0.3, -0.25) is 4.79 Å². The Hall–Kier alpha value is -3.27. The van der Waals surface area contributed by atoms with Crippen molar-refractivity contribution < 1.29 is 14.3 Å². The van der Waals surface area contributed by atoms with Crippen molar-refractivity contribution in [1.29, 1.82) is 0 Å². The minimum Gasteiger partial charge on any atom is -0.497 e. The average Bonchev–Trinajstić information content (AvgIpc) is 2.73. The van der Waals surface area contributed by atoms with Gasteiger partial charge in [-0.25, -0.2) is 0 Å². The first-order valence-corrected chi connectivity index (χ1v) is 8.81. The van der Waals surface area contributed by atoms with Gasteiger partial charge in [-0.2, -0.15) is 0 Å². The Balaban J connectivity index is 1.78. The van der Waals surface area contributed by atoms with Gasteiger partial charge in [-0.1, -0.05) is 54.6 Å². The molecule has 0 aliphatic carbocycles. The molecule has 0 aliphatic heterocycles. The third kappa shape index (κ3) is 4.88. The average molecular weight is 361 g/mol. The molecule has 3 aromatic carbocycles. The molecule has 0 saturated heterocycles. The summed E-state index contributed by atoms with van der Waals surface area (Å²) >= 11 is 0. The molecule has 1 atom stereocenters. The van der Waals surface area contributed by atoms with E-state index in [9.17, 15) is 4.79 Å². The molecule has 3 rings (SSSR count). The number of carbonyl (C=O) groups excluding carboxylic acids is 1. The molecule has 0 bridgehead atoms. The van der Waals surface area contributed by atoms with Gasteiger partial charge in [0.25, 0.3) is 0 Å². The predicted molar refractivity (Wildman–Crippen MR) is 106 cm³/mol. The molecule has 0 radical (unpaired) electrons. The van der Waals surface area contributed by atoms with E-state index < -0.39 is 0 Å². The zero-order valence-corrected chi connectivity index (χ0v) is 15.5. The van der Waals surface area contributed by atoms with Gasteiger partial charge in [0.05, 0.1) is 26.7 Å². The number of methoxy groups -OCH3 is 2. The summed E-state index contributed by atoms with van der Waals surface area (Å²) in [4.78, 5) is 12.7. The maximum atomic E-state index is 12.7. The van der Waals surface area contributed by atoms with Gasteiger partial charge in [0.1, 0.15) is 11.5 Å². The fourth-order valence-corrected chi connectivity index (χ4v) is 2.94. The van der Waals surface area contributed by atoms with Crippen LogP contribution in [-0.4, -0.2) is 20.1 Å². The maximum Gasteiger partial charge on any atom is 0.225 e. The summed E-state index contributed by atoms with van der Waals surface area (Å²) < 4.78 is 10.4. The van der Waals surface area contributed by atoms with E-state index in [2.05, 4.69) is 5.32 Å². The van der Waals surface area contributed by atoms with Crippen molar-refractivity contribution in [2.45, 2.75) is 12.5 Å². The van der Waals surface area contributed by atoms with Crippen molar-refractivity contribution >= 4 is 5.91 Å². The first kappa shape index (κ1) is 18.5. The van der Waals surface area contributed by atoms with Crippen LogP contribution < -0.4 is 14.8 Å². The van der Waals surface area contributed by atoms with Crippen LogP contribution in [0.5, 0.6) is 11.5 Å². The van der Waals surface area contributed by atoms with Crippen LogP contribution in [0, 0.1) is 0 Å². The van der Waals surface area contributed by atoms with Crippen molar-refractivity contribution in [2.75, 3.05) is 14.2 Å². The normalized spacial score (nSPS) is 11.5. The Bertz CT molecular complexity index is 858. The molecular weight excluding hydrogens is 338 g/mol. The Kier molecular flexibility index (Phi) is 6.10. The van der Waals surface area contributed by atoms with Crippen LogP contribution in [0.25, 0.3) is 0 Å². The van der Waals surface area contributed by atoms with E-state index >= 15 is 0 Å². The molecule has 0 saturated carbocycles. The molecular formula is C23H23NO3. The summed E-state index contributed by atoms with van der Waals surface area (Å²) in [6, 6.07) is 25.0. The Labute approximate surface area is 159 Å². The molecule has 0 aliphatic rings. The van der Waals surface area contributed by atoms with Crippen molar-refractivity contribution in [3.05, 3.63) is 95.6 Å². The zero-order valence-electron chi connectivity index (χ0n) is 15.5. The van der Waals surface area contributed by atoms with Crippen LogP contribution in [0.1, 0.15) is 22.7 Å². The molecule has 3 aromatic rings. The predicted octanol–water partition coefficient (Wildman–Crippen LogP) is 4.15. The highest BCUT2D eigenvalue weighted by atomic mass is 16.5. The van der Waals surface area contributed by atoms with E-state index in [1.54, 1.807) is 14.2 Å². The van der Waals surface area contributed by atoms with Crippen LogP contribution in [0.3, 0.4) is 0 Å². The van der Waals surface area contributed by atoms with Crippen molar-refractivity contribution in [3.63, 3.8) is 0 Å². The number of benzene rings is 3. The second-order valence-electron chi connectivity index (χ2n) is 6.21. The molecule has 0 spiro atoms. The van der Waals surface area contributed by atoms with E-state index in [1.807, 2.05) is 78.9 Å². The summed E-state index contributed by atoms with van der Waals surface area (Å²) in [5, 5.41) is 3.15. The zero-order chi connectivity index (χ0) is 19.1. The lowest BCUT2D eigenvalue weighted by molar-refractivity contribution is -0.120. The second kappa shape index (κ2) is 8.90. The van der Waals surface area contributed by atoms with Gasteiger partial charge in [-0.05, 0) is 41.0 Å². The molecule has 0 unspecified atom stereocenters. The molecule has 4 nitrogen and oxygen atoms in total. The van der Waals surface area contributed by atoms with Crippen molar-refractivity contribution in [2.24, 2.45) is 0 Å². The van der Waals surface area contributed by atoms with E-state index in [-0.39, 0.29) is 11.9 Å². The third-order valence-corrected chi connectivity index (χ3v) is 4.41. The summed E-state index contributed by atoms with van der Waals surface area (Å²) in [5.41, 5.74) is 2.98. The van der Waals surface area contributed by atoms with Gasteiger partial charge in [0.15, 0.2) is 0 Å².